The van der Waals surface area contributed by atoms with Crippen LogP contribution in [0.4, 0.5) is 0 Å². The van der Waals surface area contributed by atoms with Gasteiger partial charge < -0.3 is 5.32 Å². The van der Waals surface area contributed by atoms with Crippen molar-refractivity contribution in [3.63, 3.8) is 0 Å². The normalized spacial score (nSPS) is 11.5. The highest BCUT2D eigenvalue weighted by Gasteiger charge is 2.22. The molecule has 15 heavy (non-hydrogen) atoms. The number of thiophene rings is 1. The molecule has 0 radical (unpaired) electrons. The Morgan fingerprint density at radius 3 is 2.73 bits per heavy atom. The highest BCUT2D eigenvalue weighted by Crippen LogP contribution is 2.22. The minimum absolute atomic E-state index is 0.134. The molecule has 0 aliphatic heterocycles. The summed E-state index contributed by atoms with van der Waals surface area (Å²) in [5.41, 5.74) is -0.299. The van der Waals surface area contributed by atoms with Gasteiger partial charge in [0.05, 0.1) is 5.02 Å². The van der Waals surface area contributed by atoms with Crippen LogP contribution in [0.15, 0.2) is 11.4 Å². The zero-order valence-electron chi connectivity index (χ0n) is 8.64. The van der Waals surface area contributed by atoms with Crippen molar-refractivity contribution < 1.29 is 4.79 Å². The second-order valence-corrected chi connectivity index (χ2v) is 5.58. The standard InChI is InChI=1S/C10H13Cl2NOS/c1-10(2,4-5-11)13-9(14)8-7(12)3-6-15-8/h3,6H,4-5H2,1-2H3,(H,13,14). The maximum Gasteiger partial charge on any atom is 0.263 e. The molecule has 0 aliphatic rings. The molecule has 0 fully saturated rings. The molecule has 84 valence electrons. The van der Waals surface area contributed by atoms with Crippen molar-refractivity contribution in [3.8, 4) is 0 Å². The largest absolute Gasteiger partial charge is 0.346 e. The molecule has 0 saturated carbocycles. The number of halogens is 2. The topological polar surface area (TPSA) is 29.1 Å². The summed E-state index contributed by atoms with van der Waals surface area (Å²) < 4.78 is 0. The van der Waals surface area contributed by atoms with Gasteiger partial charge in [0.2, 0.25) is 0 Å². The molecule has 0 aliphatic carbocycles. The van der Waals surface area contributed by atoms with E-state index in [4.69, 9.17) is 23.2 Å². The Morgan fingerprint density at radius 2 is 2.27 bits per heavy atom. The molecule has 0 bridgehead atoms. The van der Waals surface area contributed by atoms with Gasteiger partial charge in [0.15, 0.2) is 0 Å². The molecule has 0 aromatic carbocycles. The third kappa shape index (κ3) is 3.67. The number of alkyl halides is 1. The smallest absolute Gasteiger partial charge is 0.263 e. The molecule has 1 rings (SSSR count). The van der Waals surface area contributed by atoms with Gasteiger partial charge in [0.25, 0.3) is 5.91 Å². The molecule has 2 nitrogen and oxygen atoms in total. The summed E-state index contributed by atoms with van der Waals surface area (Å²) in [5.74, 6) is 0.385. The molecule has 0 unspecified atom stereocenters. The van der Waals surface area contributed by atoms with Crippen LogP contribution < -0.4 is 5.32 Å². The van der Waals surface area contributed by atoms with Crippen molar-refractivity contribution in [1.29, 1.82) is 0 Å². The first-order valence-corrected chi connectivity index (χ1v) is 6.37. The Bertz CT molecular complexity index is 349. The summed E-state index contributed by atoms with van der Waals surface area (Å²) in [4.78, 5) is 12.3. The van der Waals surface area contributed by atoms with Gasteiger partial charge in [0, 0.05) is 11.4 Å². The summed E-state index contributed by atoms with van der Waals surface area (Å²) in [5, 5.41) is 5.20. The lowest BCUT2D eigenvalue weighted by molar-refractivity contribution is 0.0916. The molecule has 1 amide bonds. The molecule has 0 spiro atoms. The van der Waals surface area contributed by atoms with Gasteiger partial charge in [0.1, 0.15) is 4.88 Å². The van der Waals surface area contributed by atoms with E-state index in [1.807, 2.05) is 13.8 Å². The van der Waals surface area contributed by atoms with Crippen LogP contribution in [0.3, 0.4) is 0 Å². The van der Waals surface area contributed by atoms with Crippen LogP contribution in [0, 0.1) is 0 Å². The van der Waals surface area contributed by atoms with Crippen molar-refractivity contribution >= 4 is 40.4 Å². The van der Waals surface area contributed by atoms with E-state index in [2.05, 4.69) is 5.32 Å². The second kappa shape index (κ2) is 5.19. The van der Waals surface area contributed by atoms with Gasteiger partial charge in [-0.15, -0.1) is 22.9 Å². The number of carbonyl (C=O) groups is 1. The van der Waals surface area contributed by atoms with Crippen molar-refractivity contribution in [2.24, 2.45) is 0 Å². The minimum atomic E-state index is -0.299. The molecule has 0 saturated heterocycles. The highest BCUT2D eigenvalue weighted by molar-refractivity contribution is 7.12. The predicted molar refractivity (Wildman–Crippen MR) is 66.2 cm³/mol. The molecular formula is C10H13Cl2NOS. The van der Waals surface area contributed by atoms with Crippen molar-refractivity contribution in [2.45, 2.75) is 25.8 Å². The van der Waals surface area contributed by atoms with Crippen molar-refractivity contribution in [1.82, 2.24) is 5.32 Å². The Kier molecular flexibility index (Phi) is 4.44. The summed E-state index contributed by atoms with van der Waals surface area (Å²) in [7, 11) is 0. The lowest BCUT2D eigenvalue weighted by Gasteiger charge is -2.24. The van der Waals surface area contributed by atoms with Gasteiger partial charge in [-0.05, 0) is 31.7 Å². The van der Waals surface area contributed by atoms with Crippen molar-refractivity contribution in [2.75, 3.05) is 5.88 Å². The molecule has 1 aromatic rings. The third-order valence-corrected chi connectivity index (χ3v) is 3.52. The van der Waals surface area contributed by atoms with E-state index in [-0.39, 0.29) is 11.4 Å². The van der Waals surface area contributed by atoms with Gasteiger partial charge >= 0.3 is 0 Å². The second-order valence-electron chi connectivity index (χ2n) is 3.87. The average Bonchev–Trinajstić information content (AvgIpc) is 2.50. The van der Waals surface area contributed by atoms with Crippen LogP contribution in [0.25, 0.3) is 0 Å². The monoisotopic (exact) mass is 265 g/mol. The molecule has 0 atom stereocenters. The van der Waals surface area contributed by atoms with E-state index >= 15 is 0 Å². The lowest BCUT2D eigenvalue weighted by Crippen LogP contribution is -2.43. The summed E-state index contributed by atoms with van der Waals surface area (Å²) in [6, 6.07) is 1.72. The summed E-state index contributed by atoms with van der Waals surface area (Å²) in [6.45, 7) is 3.88. The minimum Gasteiger partial charge on any atom is -0.346 e. The third-order valence-electron chi connectivity index (χ3n) is 1.99. The number of hydrogen-bond acceptors (Lipinski definition) is 2. The molecular weight excluding hydrogens is 253 g/mol. The lowest BCUT2D eigenvalue weighted by atomic mass is 10.0. The number of amides is 1. The van der Waals surface area contributed by atoms with Gasteiger partial charge in [-0.3, -0.25) is 4.79 Å². The number of hydrogen-bond donors (Lipinski definition) is 1. The van der Waals surface area contributed by atoms with Crippen LogP contribution in [-0.2, 0) is 0 Å². The van der Waals surface area contributed by atoms with Gasteiger partial charge in [-0.1, -0.05) is 11.6 Å². The number of nitrogens with one attached hydrogen (secondary N) is 1. The Morgan fingerprint density at radius 1 is 1.60 bits per heavy atom. The average molecular weight is 266 g/mol. The zero-order chi connectivity index (χ0) is 11.5. The van der Waals surface area contributed by atoms with Crippen molar-refractivity contribution in [3.05, 3.63) is 21.3 Å². The molecule has 1 N–H and O–H groups in total. The van der Waals surface area contributed by atoms with E-state index in [0.717, 1.165) is 6.42 Å². The first kappa shape index (κ1) is 12.8. The van der Waals surface area contributed by atoms with E-state index in [1.165, 1.54) is 11.3 Å². The Hall–Kier alpha value is -0.250. The fourth-order valence-corrected chi connectivity index (χ4v) is 2.63. The Balaban J connectivity index is 2.68. The summed E-state index contributed by atoms with van der Waals surface area (Å²) >= 11 is 12.9. The number of rotatable bonds is 4. The van der Waals surface area contributed by atoms with Gasteiger partial charge in [-0.25, -0.2) is 0 Å². The SMILES string of the molecule is CC(C)(CCCl)NC(=O)c1sccc1Cl. The maximum atomic E-state index is 11.8. The molecule has 1 aromatic heterocycles. The van der Waals surface area contributed by atoms with Crippen LogP contribution >= 0.6 is 34.5 Å². The zero-order valence-corrected chi connectivity index (χ0v) is 11.0. The predicted octanol–water partition coefficient (Wildman–Crippen LogP) is 3.54. The van der Waals surface area contributed by atoms with E-state index in [9.17, 15) is 4.79 Å². The maximum absolute atomic E-state index is 11.8. The Labute approximate surface area is 104 Å². The fourth-order valence-electron chi connectivity index (χ4n) is 1.12. The van der Waals surface area contributed by atoms with Crippen LogP contribution in [0.1, 0.15) is 29.9 Å². The van der Waals surface area contributed by atoms with E-state index in [1.54, 1.807) is 11.4 Å². The first-order chi connectivity index (χ1) is 6.96. The van der Waals surface area contributed by atoms with E-state index in [0.29, 0.717) is 15.8 Å². The van der Waals surface area contributed by atoms with Crippen LogP contribution in [0.5, 0.6) is 0 Å². The van der Waals surface area contributed by atoms with Crippen LogP contribution in [-0.4, -0.2) is 17.3 Å². The van der Waals surface area contributed by atoms with E-state index < -0.39 is 0 Å². The van der Waals surface area contributed by atoms with Crippen LogP contribution in [0.2, 0.25) is 5.02 Å². The molecule has 1 heterocycles. The fraction of sp³-hybridized carbons (Fsp3) is 0.500. The number of carbonyl (C=O) groups excluding carboxylic acids is 1. The van der Waals surface area contributed by atoms with Gasteiger partial charge in [-0.2, -0.15) is 0 Å². The highest BCUT2D eigenvalue weighted by atomic mass is 35.5. The summed E-state index contributed by atoms with van der Waals surface area (Å²) in [6.07, 6.45) is 0.725. The first-order valence-electron chi connectivity index (χ1n) is 4.58. The quantitative estimate of drug-likeness (QED) is 0.830. The molecule has 5 heteroatoms.